The van der Waals surface area contributed by atoms with E-state index in [0.29, 0.717) is 16.2 Å². The molecule has 4 aliphatic rings. The van der Waals surface area contributed by atoms with E-state index in [4.69, 9.17) is 0 Å². The van der Waals surface area contributed by atoms with Gasteiger partial charge in [-0.1, -0.05) is 48.4 Å². The summed E-state index contributed by atoms with van der Waals surface area (Å²) in [6, 6.07) is 0. The van der Waals surface area contributed by atoms with Crippen molar-refractivity contribution in [2.45, 2.75) is 76.6 Å². The standard InChI is InChI=1S/C20H31BrO/c1-12-6-8-19(2)13(10-12)4-5-14-15(19)7-9-20(3)16(14)11-17(21)18(20)22/h4,12,14-18,22H,5-11H2,1-3H3/t12?,14-,15-,16+,17?,18?,19+,20+/m1/s1. The predicted octanol–water partition coefficient (Wildman–Crippen LogP) is 5.32. The number of halogens is 1. The van der Waals surface area contributed by atoms with E-state index in [-0.39, 0.29) is 11.5 Å². The monoisotopic (exact) mass is 366 g/mol. The highest BCUT2D eigenvalue weighted by molar-refractivity contribution is 9.09. The van der Waals surface area contributed by atoms with Gasteiger partial charge in [-0.25, -0.2) is 0 Å². The van der Waals surface area contributed by atoms with Crippen LogP contribution in [0.15, 0.2) is 11.6 Å². The Bertz CT molecular complexity index is 500. The van der Waals surface area contributed by atoms with E-state index in [1.807, 2.05) is 0 Å². The van der Waals surface area contributed by atoms with Gasteiger partial charge < -0.3 is 5.11 Å². The summed E-state index contributed by atoms with van der Waals surface area (Å²) in [6.07, 6.45) is 11.6. The minimum atomic E-state index is -0.150. The summed E-state index contributed by atoms with van der Waals surface area (Å²) < 4.78 is 0. The smallest absolute Gasteiger partial charge is 0.0721 e. The van der Waals surface area contributed by atoms with Gasteiger partial charge in [0.2, 0.25) is 0 Å². The summed E-state index contributed by atoms with van der Waals surface area (Å²) >= 11 is 3.77. The fourth-order valence-electron chi connectivity index (χ4n) is 6.79. The fourth-order valence-corrected chi connectivity index (χ4v) is 7.79. The van der Waals surface area contributed by atoms with Crippen LogP contribution in [-0.2, 0) is 0 Å². The van der Waals surface area contributed by atoms with Crippen LogP contribution in [-0.4, -0.2) is 16.0 Å². The van der Waals surface area contributed by atoms with Crippen LogP contribution in [0.3, 0.4) is 0 Å². The number of aliphatic hydroxyl groups excluding tert-OH is 1. The second-order valence-electron chi connectivity index (χ2n) is 9.35. The highest BCUT2D eigenvalue weighted by atomic mass is 79.9. The molecule has 0 saturated heterocycles. The van der Waals surface area contributed by atoms with E-state index in [9.17, 15) is 5.11 Å². The lowest BCUT2D eigenvalue weighted by Gasteiger charge is -2.57. The molecule has 8 atom stereocenters. The number of allylic oxidation sites excluding steroid dienone is 2. The Hall–Kier alpha value is 0.180. The van der Waals surface area contributed by atoms with Crippen LogP contribution in [0.4, 0.5) is 0 Å². The maximum atomic E-state index is 10.7. The molecule has 1 N–H and O–H groups in total. The molecule has 0 heterocycles. The first-order chi connectivity index (χ1) is 10.4. The Labute approximate surface area is 144 Å². The van der Waals surface area contributed by atoms with Crippen LogP contribution in [0.25, 0.3) is 0 Å². The SMILES string of the molecule is CC1CC[C@@]2(C)C(=CC[C@@H]3[C@H]2CC[C@]2(C)C(O)C(Br)C[C@@H]32)C1. The summed E-state index contributed by atoms with van der Waals surface area (Å²) in [5.41, 5.74) is 2.40. The Morgan fingerprint density at radius 2 is 1.95 bits per heavy atom. The van der Waals surface area contributed by atoms with Crippen LogP contribution in [0.1, 0.15) is 65.7 Å². The molecule has 0 aliphatic heterocycles. The number of alkyl halides is 1. The van der Waals surface area contributed by atoms with Gasteiger partial charge in [0.15, 0.2) is 0 Å². The molecule has 22 heavy (non-hydrogen) atoms. The van der Waals surface area contributed by atoms with Gasteiger partial charge in [-0.15, -0.1) is 0 Å². The van der Waals surface area contributed by atoms with Gasteiger partial charge in [0, 0.05) is 4.83 Å². The molecule has 3 unspecified atom stereocenters. The summed E-state index contributed by atoms with van der Waals surface area (Å²) in [6.45, 7) is 7.36. The molecular formula is C20H31BrO. The molecule has 1 nitrogen and oxygen atoms in total. The average molecular weight is 367 g/mol. The summed E-state index contributed by atoms with van der Waals surface area (Å²) in [7, 11) is 0. The average Bonchev–Trinajstić information content (AvgIpc) is 2.72. The Morgan fingerprint density at radius 3 is 2.73 bits per heavy atom. The normalized spacial score (nSPS) is 57.6. The van der Waals surface area contributed by atoms with E-state index in [0.717, 1.165) is 17.8 Å². The van der Waals surface area contributed by atoms with Crippen molar-refractivity contribution in [3.05, 3.63) is 11.6 Å². The van der Waals surface area contributed by atoms with Gasteiger partial charge in [-0.3, -0.25) is 0 Å². The second kappa shape index (κ2) is 5.09. The van der Waals surface area contributed by atoms with Gasteiger partial charge >= 0.3 is 0 Å². The maximum Gasteiger partial charge on any atom is 0.0721 e. The predicted molar refractivity (Wildman–Crippen MR) is 95.0 cm³/mol. The van der Waals surface area contributed by atoms with E-state index in [2.05, 4.69) is 42.8 Å². The molecule has 0 spiro atoms. The Kier molecular flexibility index (Phi) is 3.63. The molecule has 4 aliphatic carbocycles. The summed E-state index contributed by atoms with van der Waals surface area (Å²) in [4.78, 5) is 0.311. The van der Waals surface area contributed by atoms with Crippen molar-refractivity contribution in [1.82, 2.24) is 0 Å². The lowest BCUT2D eigenvalue weighted by Crippen LogP contribution is -2.50. The first-order valence-corrected chi connectivity index (χ1v) is 10.3. The van der Waals surface area contributed by atoms with Gasteiger partial charge in [0.05, 0.1) is 6.10 Å². The highest BCUT2D eigenvalue weighted by Gasteiger charge is 2.60. The largest absolute Gasteiger partial charge is 0.391 e. The van der Waals surface area contributed by atoms with Crippen molar-refractivity contribution in [3.63, 3.8) is 0 Å². The zero-order valence-electron chi connectivity index (χ0n) is 14.3. The fraction of sp³-hybridized carbons (Fsp3) is 0.900. The molecule has 2 heteroatoms. The molecule has 0 aromatic rings. The van der Waals surface area contributed by atoms with E-state index in [1.54, 1.807) is 5.57 Å². The van der Waals surface area contributed by atoms with Crippen LogP contribution in [0.2, 0.25) is 0 Å². The number of aliphatic hydroxyl groups is 1. The lowest BCUT2D eigenvalue weighted by atomic mass is 9.47. The number of hydrogen-bond acceptors (Lipinski definition) is 1. The molecule has 0 bridgehead atoms. The minimum Gasteiger partial charge on any atom is -0.391 e. The molecule has 3 saturated carbocycles. The molecule has 0 aromatic carbocycles. The molecule has 124 valence electrons. The molecule has 3 fully saturated rings. The van der Waals surface area contributed by atoms with Crippen molar-refractivity contribution in [1.29, 1.82) is 0 Å². The quantitative estimate of drug-likeness (QED) is 0.454. The van der Waals surface area contributed by atoms with Gasteiger partial charge in [-0.2, -0.15) is 0 Å². The van der Waals surface area contributed by atoms with Crippen molar-refractivity contribution in [3.8, 4) is 0 Å². The third-order valence-corrected chi connectivity index (χ3v) is 9.16. The van der Waals surface area contributed by atoms with Gasteiger partial charge in [0.1, 0.15) is 0 Å². The topological polar surface area (TPSA) is 20.2 Å². The maximum absolute atomic E-state index is 10.7. The van der Waals surface area contributed by atoms with Crippen molar-refractivity contribution < 1.29 is 5.11 Å². The second-order valence-corrected chi connectivity index (χ2v) is 10.5. The Morgan fingerprint density at radius 1 is 1.18 bits per heavy atom. The third-order valence-electron chi connectivity index (χ3n) is 8.29. The lowest BCUT2D eigenvalue weighted by molar-refractivity contribution is -0.0671. The highest BCUT2D eigenvalue weighted by Crippen LogP contribution is 2.65. The van der Waals surface area contributed by atoms with Crippen LogP contribution < -0.4 is 0 Å². The third kappa shape index (κ3) is 1.98. The molecule has 0 aromatic heterocycles. The summed E-state index contributed by atoms with van der Waals surface area (Å²) in [5, 5.41) is 10.7. The zero-order valence-corrected chi connectivity index (χ0v) is 15.9. The van der Waals surface area contributed by atoms with Crippen LogP contribution in [0, 0.1) is 34.5 Å². The van der Waals surface area contributed by atoms with Gasteiger partial charge in [-0.05, 0) is 79.4 Å². The van der Waals surface area contributed by atoms with Crippen molar-refractivity contribution >= 4 is 15.9 Å². The first-order valence-electron chi connectivity index (χ1n) is 9.38. The molecule has 4 rings (SSSR count). The Balaban J connectivity index is 1.68. The van der Waals surface area contributed by atoms with E-state index < -0.39 is 0 Å². The first kappa shape index (κ1) is 15.7. The van der Waals surface area contributed by atoms with E-state index >= 15 is 0 Å². The van der Waals surface area contributed by atoms with Crippen molar-refractivity contribution in [2.75, 3.05) is 0 Å². The summed E-state index contributed by atoms with van der Waals surface area (Å²) in [5.74, 6) is 3.26. The zero-order chi connectivity index (χ0) is 15.7. The minimum absolute atomic E-state index is 0.150. The molecular weight excluding hydrogens is 336 g/mol. The van der Waals surface area contributed by atoms with Crippen LogP contribution >= 0.6 is 15.9 Å². The van der Waals surface area contributed by atoms with Gasteiger partial charge in [0.25, 0.3) is 0 Å². The number of rotatable bonds is 0. The van der Waals surface area contributed by atoms with E-state index in [1.165, 1.54) is 44.9 Å². The van der Waals surface area contributed by atoms with Crippen molar-refractivity contribution in [2.24, 2.45) is 34.5 Å². The molecule has 0 radical (unpaired) electrons. The van der Waals surface area contributed by atoms with Crippen LogP contribution in [0.5, 0.6) is 0 Å². The molecule has 0 amide bonds. The number of hydrogen-bond donors (Lipinski definition) is 1. The number of fused-ring (bicyclic) bond motifs is 5.